The molecule has 0 N–H and O–H groups in total. The third-order valence-corrected chi connectivity index (χ3v) is 7.58. The van der Waals surface area contributed by atoms with Crippen molar-refractivity contribution < 1.29 is 0 Å². The van der Waals surface area contributed by atoms with Crippen molar-refractivity contribution in [1.29, 1.82) is 0 Å². The van der Waals surface area contributed by atoms with Crippen LogP contribution in [0.1, 0.15) is 70.2 Å². The van der Waals surface area contributed by atoms with Gasteiger partial charge >= 0.3 is 0 Å². The normalized spacial score (nSPS) is 15.0. The van der Waals surface area contributed by atoms with Crippen LogP contribution in [-0.4, -0.2) is 0 Å². The van der Waals surface area contributed by atoms with Crippen molar-refractivity contribution in [2.24, 2.45) is 0 Å². The monoisotopic (exact) mass is 404 g/mol. The summed E-state index contributed by atoms with van der Waals surface area (Å²) in [5.41, 5.74) is 11.9. The number of aryl methyl sites for hydroxylation is 2. The van der Waals surface area contributed by atoms with Gasteiger partial charge in [-0.25, -0.2) is 0 Å². The molecule has 0 aliphatic heterocycles. The maximum Gasteiger partial charge on any atom is -0.00208 e. The van der Waals surface area contributed by atoms with E-state index >= 15 is 0 Å². The molecule has 0 fully saturated rings. The van der Waals surface area contributed by atoms with Crippen molar-refractivity contribution >= 4 is 21.5 Å². The van der Waals surface area contributed by atoms with E-state index in [9.17, 15) is 0 Å². The summed E-state index contributed by atoms with van der Waals surface area (Å²) in [6, 6.07) is 19.4. The van der Waals surface area contributed by atoms with Gasteiger partial charge in [0.1, 0.15) is 0 Å². The van der Waals surface area contributed by atoms with Gasteiger partial charge in [-0.2, -0.15) is 0 Å². The highest BCUT2D eigenvalue weighted by Crippen LogP contribution is 2.52. The molecule has 0 aromatic heterocycles. The van der Waals surface area contributed by atoms with Gasteiger partial charge in [-0.15, -0.1) is 0 Å². The summed E-state index contributed by atoms with van der Waals surface area (Å²) in [6.07, 6.45) is 3.71. The summed E-state index contributed by atoms with van der Waals surface area (Å²) in [5, 5.41) is 5.91. The number of benzene rings is 4. The molecule has 0 saturated carbocycles. The van der Waals surface area contributed by atoms with E-state index in [0.29, 0.717) is 0 Å². The van der Waals surface area contributed by atoms with Gasteiger partial charge in [-0.05, 0) is 108 Å². The Morgan fingerprint density at radius 2 is 0.968 bits per heavy atom. The Labute approximate surface area is 186 Å². The molecule has 0 bridgehead atoms. The van der Waals surface area contributed by atoms with Crippen LogP contribution >= 0.6 is 0 Å². The Hall–Kier alpha value is -2.60. The molecule has 4 aromatic carbocycles. The lowest BCUT2D eigenvalue weighted by Gasteiger charge is -2.27. The molecule has 6 rings (SSSR count). The van der Waals surface area contributed by atoms with Crippen molar-refractivity contribution in [1.82, 2.24) is 0 Å². The molecule has 156 valence electrons. The summed E-state index contributed by atoms with van der Waals surface area (Å²) in [5.74, 6) is 0. The van der Waals surface area contributed by atoms with Crippen LogP contribution in [0.5, 0.6) is 0 Å². The van der Waals surface area contributed by atoms with Crippen molar-refractivity contribution in [3.8, 4) is 22.3 Å². The van der Waals surface area contributed by atoms with E-state index in [2.05, 4.69) is 90.1 Å². The predicted octanol–water partition coefficient (Wildman–Crippen LogP) is 8.72. The minimum atomic E-state index is 0.113. The zero-order valence-corrected chi connectivity index (χ0v) is 19.7. The second-order valence-corrected chi connectivity index (χ2v) is 11.8. The lowest BCUT2D eigenvalue weighted by atomic mass is 9.77. The van der Waals surface area contributed by atoms with Crippen LogP contribution in [0.25, 0.3) is 43.8 Å². The van der Waals surface area contributed by atoms with Crippen LogP contribution in [0.2, 0.25) is 0 Å². The van der Waals surface area contributed by atoms with Gasteiger partial charge in [0.2, 0.25) is 0 Å². The molecule has 2 aliphatic rings. The molecule has 0 spiro atoms. The topological polar surface area (TPSA) is 0 Å². The van der Waals surface area contributed by atoms with E-state index in [-0.39, 0.29) is 10.8 Å². The number of fused-ring (bicyclic) bond motifs is 4. The largest absolute Gasteiger partial charge is 0.0578 e. The highest BCUT2D eigenvalue weighted by molar-refractivity contribution is 6.19. The standard InChI is InChI=1S/C31H32/c1-30(2,3)26-14-15-27(31(4,5)6)25-17-23-21-13-11-19-9-7-8-18-10-12-20(29(21)28(18)19)22(23)16-24(25)26/h10-17H,7-9H2,1-6H3. The van der Waals surface area contributed by atoms with E-state index in [4.69, 9.17) is 0 Å². The van der Waals surface area contributed by atoms with E-state index in [0.717, 1.165) is 0 Å². The van der Waals surface area contributed by atoms with Gasteiger partial charge in [0.25, 0.3) is 0 Å². The summed E-state index contributed by atoms with van der Waals surface area (Å²) in [4.78, 5) is 0. The Kier molecular flexibility index (Phi) is 3.70. The van der Waals surface area contributed by atoms with Crippen molar-refractivity contribution in [2.75, 3.05) is 0 Å². The zero-order valence-electron chi connectivity index (χ0n) is 19.7. The minimum Gasteiger partial charge on any atom is -0.0578 e. The molecule has 0 nitrogen and oxygen atoms in total. The van der Waals surface area contributed by atoms with Gasteiger partial charge in [-0.3, -0.25) is 0 Å². The van der Waals surface area contributed by atoms with Crippen LogP contribution < -0.4 is 0 Å². The van der Waals surface area contributed by atoms with Crippen LogP contribution in [0.3, 0.4) is 0 Å². The average Bonchev–Trinajstić information content (AvgIpc) is 3.02. The Balaban J connectivity index is 1.76. The van der Waals surface area contributed by atoms with Crippen LogP contribution in [0, 0.1) is 0 Å². The predicted molar refractivity (Wildman–Crippen MR) is 135 cm³/mol. The highest BCUT2D eigenvalue weighted by atomic mass is 14.3. The van der Waals surface area contributed by atoms with E-state index in [1.165, 1.54) is 68.8 Å². The summed E-state index contributed by atoms with van der Waals surface area (Å²) in [7, 11) is 0. The molecular formula is C31H32. The molecule has 0 atom stereocenters. The maximum atomic E-state index is 2.51. The molecule has 0 amide bonds. The van der Waals surface area contributed by atoms with Crippen molar-refractivity contribution in [3.05, 3.63) is 70.8 Å². The van der Waals surface area contributed by atoms with E-state index in [1.807, 2.05) is 0 Å². The van der Waals surface area contributed by atoms with E-state index in [1.54, 1.807) is 16.5 Å². The molecule has 31 heavy (non-hydrogen) atoms. The fourth-order valence-corrected chi connectivity index (χ4v) is 6.12. The molecule has 4 aromatic rings. The average molecular weight is 405 g/mol. The Morgan fingerprint density at radius 3 is 1.39 bits per heavy atom. The number of hydrogen-bond donors (Lipinski definition) is 0. The Morgan fingerprint density at radius 1 is 0.516 bits per heavy atom. The molecule has 2 aliphatic carbocycles. The number of rotatable bonds is 0. The first-order valence-electron chi connectivity index (χ1n) is 11.8. The molecule has 0 saturated heterocycles. The van der Waals surface area contributed by atoms with Gasteiger partial charge in [0.05, 0.1) is 0 Å². The summed E-state index contributed by atoms with van der Waals surface area (Å²) >= 11 is 0. The van der Waals surface area contributed by atoms with Gasteiger partial charge in [0.15, 0.2) is 0 Å². The number of hydrogen-bond acceptors (Lipinski definition) is 0. The van der Waals surface area contributed by atoms with Crippen molar-refractivity contribution in [3.63, 3.8) is 0 Å². The first-order chi connectivity index (χ1) is 14.6. The first kappa shape index (κ1) is 19.1. The smallest absolute Gasteiger partial charge is 0.00208 e. The van der Waals surface area contributed by atoms with Crippen LogP contribution in [0.4, 0.5) is 0 Å². The maximum absolute atomic E-state index is 2.51. The highest BCUT2D eigenvalue weighted by Gasteiger charge is 2.29. The molecular weight excluding hydrogens is 372 g/mol. The second kappa shape index (κ2) is 6.00. The quantitative estimate of drug-likeness (QED) is 0.242. The van der Waals surface area contributed by atoms with Crippen molar-refractivity contribution in [2.45, 2.75) is 71.6 Å². The molecule has 0 unspecified atom stereocenters. The van der Waals surface area contributed by atoms with Gasteiger partial charge in [0, 0.05) is 0 Å². The fourth-order valence-electron chi connectivity index (χ4n) is 6.12. The summed E-state index contributed by atoms with van der Waals surface area (Å²) < 4.78 is 0. The zero-order chi connectivity index (χ0) is 21.7. The second-order valence-electron chi connectivity index (χ2n) is 11.8. The molecule has 0 heteroatoms. The lowest BCUT2D eigenvalue weighted by molar-refractivity contribution is 0.585. The third kappa shape index (κ3) is 2.60. The first-order valence-corrected chi connectivity index (χ1v) is 11.8. The minimum absolute atomic E-state index is 0.113. The third-order valence-electron chi connectivity index (χ3n) is 7.58. The fraction of sp³-hybridized carbons (Fsp3) is 0.355. The Bertz CT molecular complexity index is 1300. The molecule has 0 heterocycles. The van der Waals surface area contributed by atoms with Gasteiger partial charge < -0.3 is 0 Å². The van der Waals surface area contributed by atoms with Crippen LogP contribution in [-0.2, 0) is 23.7 Å². The lowest BCUT2D eigenvalue weighted by Crippen LogP contribution is -2.16. The van der Waals surface area contributed by atoms with E-state index < -0.39 is 0 Å². The molecule has 0 radical (unpaired) electrons. The summed E-state index contributed by atoms with van der Waals surface area (Å²) in [6.45, 7) is 14.0. The SMILES string of the molecule is CC(C)(C)c1ccc(C(C)(C)C)c2cc3c(cc12)-c1ccc2c4c(ccc-3c14)CCC2. The van der Waals surface area contributed by atoms with Crippen LogP contribution in [0.15, 0.2) is 48.5 Å². The van der Waals surface area contributed by atoms with Gasteiger partial charge in [-0.1, -0.05) is 77.9 Å².